The molecule has 1 aliphatic rings. The van der Waals surface area contributed by atoms with E-state index >= 15 is 0 Å². The molecule has 1 fully saturated rings. The zero-order valence-electron chi connectivity index (χ0n) is 10.6. The zero-order valence-corrected chi connectivity index (χ0v) is 12.1. The maximum absolute atomic E-state index is 12.1. The van der Waals surface area contributed by atoms with Crippen molar-refractivity contribution in [2.45, 2.75) is 19.4 Å². The van der Waals surface area contributed by atoms with Gasteiger partial charge in [0.05, 0.1) is 6.10 Å². The Hall–Kier alpha value is -0.970. The fraction of sp³-hybridized carbons (Fsp3) is 0.462. The number of aliphatic hydroxyl groups is 1. The second-order valence-corrected chi connectivity index (χ2v) is 5.74. The largest absolute Gasteiger partial charge is 0.391 e. The van der Waals surface area contributed by atoms with Crippen LogP contribution in [0.25, 0.3) is 0 Å². The van der Waals surface area contributed by atoms with E-state index in [-0.39, 0.29) is 11.9 Å². The molecule has 1 heterocycles. The number of β-amino-alcohol motifs (C(OH)–C–C–N with tert-alkyl or cyclic N) is 1. The fourth-order valence-corrected chi connectivity index (χ4v) is 2.59. The number of carbonyl (C=O) groups is 1. The molecule has 0 saturated carbocycles. The van der Waals surface area contributed by atoms with Crippen LogP contribution in [0.15, 0.2) is 18.2 Å². The molecular formula is C13H16Cl2N2O2. The van der Waals surface area contributed by atoms with Crippen LogP contribution >= 0.6 is 23.2 Å². The smallest absolute Gasteiger partial charge is 0.321 e. The Morgan fingerprint density at radius 3 is 2.58 bits per heavy atom. The number of nitrogens with zero attached hydrogens (tertiary/aromatic N) is 1. The van der Waals surface area contributed by atoms with Crippen LogP contribution in [-0.2, 0) is 0 Å². The van der Waals surface area contributed by atoms with E-state index in [1.807, 2.05) is 6.92 Å². The number of piperidine rings is 1. The lowest BCUT2D eigenvalue weighted by Gasteiger charge is -2.34. The number of halogens is 2. The normalized spacial score (nSPS) is 23.3. The predicted octanol–water partition coefficient (Wildman–Crippen LogP) is 3.23. The van der Waals surface area contributed by atoms with E-state index in [1.54, 1.807) is 23.1 Å². The van der Waals surface area contributed by atoms with E-state index < -0.39 is 6.10 Å². The van der Waals surface area contributed by atoms with Gasteiger partial charge in [-0.15, -0.1) is 0 Å². The summed E-state index contributed by atoms with van der Waals surface area (Å²) >= 11 is 11.7. The highest BCUT2D eigenvalue weighted by molar-refractivity contribution is 6.35. The maximum Gasteiger partial charge on any atom is 0.321 e. The first kappa shape index (κ1) is 14.4. The van der Waals surface area contributed by atoms with Crippen LogP contribution in [0.2, 0.25) is 10.0 Å². The van der Waals surface area contributed by atoms with Crippen molar-refractivity contribution in [2.75, 3.05) is 18.4 Å². The van der Waals surface area contributed by atoms with Crippen molar-refractivity contribution in [3.8, 4) is 0 Å². The maximum atomic E-state index is 12.1. The number of hydrogen-bond acceptors (Lipinski definition) is 2. The monoisotopic (exact) mass is 302 g/mol. The van der Waals surface area contributed by atoms with Gasteiger partial charge in [0, 0.05) is 28.8 Å². The average Bonchev–Trinajstić information content (AvgIpc) is 2.31. The standard InChI is InChI=1S/C13H16Cl2N2O2/c1-8-2-3-17(7-12(8)18)13(19)16-11-5-9(14)4-10(15)6-11/h4-6,8,12,18H,2-3,7H2,1H3,(H,16,19). The molecule has 4 nitrogen and oxygen atoms in total. The Labute approximate surface area is 122 Å². The molecule has 1 aromatic rings. The highest BCUT2D eigenvalue weighted by atomic mass is 35.5. The Morgan fingerprint density at radius 1 is 1.37 bits per heavy atom. The van der Waals surface area contributed by atoms with Gasteiger partial charge >= 0.3 is 6.03 Å². The number of hydrogen-bond donors (Lipinski definition) is 2. The Balaban J connectivity index is 2.01. The summed E-state index contributed by atoms with van der Waals surface area (Å²) in [5.41, 5.74) is 0.551. The average molecular weight is 303 g/mol. The van der Waals surface area contributed by atoms with Crippen LogP contribution in [-0.4, -0.2) is 35.2 Å². The molecule has 0 aliphatic carbocycles. The third kappa shape index (κ3) is 3.75. The number of rotatable bonds is 1. The number of nitrogens with one attached hydrogen (secondary N) is 1. The lowest BCUT2D eigenvalue weighted by atomic mass is 9.96. The number of benzene rings is 1. The lowest BCUT2D eigenvalue weighted by Crippen LogP contribution is -2.47. The summed E-state index contributed by atoms with van der Waals surface area (Å²) in [6.45, 7) is 2.97. The second kappa shape index (κ2) is 5.99. The molecule has 2 unspecified atom stereocenters. The van der Waals surface area contributed by atoms with E-state index in [2.05, 4.69) is 5.32 Å². The van der Waals surface area contributed by atoms with Crippen molar-refractivity contribution in [3.63, 3.8) is 0 Å². The van der Waals surface area contributed by atoms with Crippen molar-refractivity contribution < 1.29 is 9.90 Å². The van der Waals surface area contributed by atoms with Gasteiger partial charge in [0.2, 0.25) is 0 Å². The van der Waals surface area contributed by atoms with Gasteiger partial charge in [-0.3, -0.25) is 0 Å². The number of amides is 2. The molecule has 2 atom stereocenters. The summed E-state index contributed by atoms with van der Waals surface area (Å²) in [5, 5.41) is 13.5. The number of carbonyl (C=O) groups excluding carboxylic acids is 1. The quantitative estimate of drug-likeness (QED) is 0.837. The lowest BCUT2D eigenvalue weighted by molar-refractivity contribution is 0.0464. The van der Waals surface area contributed by atoms with Crippen LogP contribution in [0.4, 0.5) is 10.5 Å². The third-order valence-electron chi connectivity index (χ3n) is 3.32. The van der Waals surface area contributed by atoms with Gasteiger partial charge in [-0.05, 0) is 30.5 Å². The zero-order chi connectivity index (χ0) is 14.0. The van der Waals surface area contributed by atoms with Crippen molar-refractivity contribution >= 4 is 34.9 Å². The molecule has 2 rings (SSSR count). The van der Waals surface area contributed by atoms with E-state index in [1.165, 1.54) is 0 Å². The predicted molar refractivity (Wildman–Crippen MR) is 76.8 cm³/mol. The van der Waals surface area contributed by atoms with Gasteiger partial charge in [-0.1, -0.05) is 30.1 Å². The summed E-state index contributed by atoms with van der Waals surface area (Å²) in [4.78, 5) is 13.7. The minimum Gasteiger partial charge on any atom is -0.391 e. The van der Waals surface area contributed by atoms with E-state index in [0.29, 0.717) is 28.8 Å². The van der Waals surface area contributed by atoms with Crippen molar-refractivity contribution in [3.05, 3.63) is 28.2 Å². The number of likely N-dealkylation sites (tertiary alicyclic amines) is 1. The van der Waals surface area contributed by atoms with Gasteiger partial charge < -0.3 is 15.3 Å². The number of aliphatic hydroxyl groups excluding tert-OH is 1. The van der Waals surface area contributed by atoms with Crippen molar-refractivity contribution in [1.82, 2.24) is 4.90 Å². The molecule has 104 valence electrons. The van der Waals surface area contributed by atoms with E-state index in [0.717, 1.165) is 6.42 Å². The van der Waals surface area contributed by atoms with Crippen molar-refractivity contribution in [1.29, 1.82) is 0 Å². The molecule has 1 aliphatic heterocycles. The summed E-state index contributed by atoms with van der Waals surface area (Å²) in [6.07, 6.45) is 0.327. The summed E-state index contributed by atoms with van der Waals surface area (Å²) in [5.74, 6) is 0.227. The Morgan fingerprint density at radius 2 is 2.00 bits per heavy atom. The summed E-state index contributed by atoms with van der Waals surface area (Å²) in [7, 11) is 0. The second-order valence-electron chi connectivity index (χ2n) is 4.87. The van der Waals surface area contributed by atoms with E-state index in [9.17, 15) is 9.90 Å². The van der Waals surface area contributed by atoms with Gasteiger partial charge in [0.15, 0.2) is 0 Å². The molecular weight excluding hydrogens is 287 g/mol. The topological polar surface area (TPSA) is 52.6 Å². The molecule has 2 amide bonds. The van der Waals surface area contributed by atoms with Gasteiger partial charge in [-0.2, -0.15) is 0 Å². The minimum absolute atomic E-state index is 0.227. The summed E-state index contributed by atoms with van der Waals surface area (Å²) < 4.78 is 0. The Kier molecular flexibility index (Phi) is 4.55. The van der Waals surface area contributed by atoms with Gasteiger partial charge in [-0.25, -0.2) is 4.79 Å². The first-order chi connectivity index (χ1) is 8.95. The fourth-order valence-electron chi connectivity index (χ4n) is 2.06. The van der Waals surface area contributed by atoms with Crippen LogP contribution in [0.5, 0.6) is 0 Å². The van der Waals surface area contributed by atoms with E-state index in [4.69, 9.17) is 23.2 Å². The molecule has 0 aromatic heterocycles. The molecule has 1 aromatic carbocycles. The molecule has 0 radical (unpaired) electrons. The van der Waals surface area contributed by atoms with Crippen LogP contribution in [0.3, 0.4) is 0 Å². The first-order valence-corrected chi connectivity index (χ1v) is 6.91. The van der Waals surface area contributed by atoms with Crippen LogP contribution < -0.4 is 5.32 Å². The molecule has 2 N–H and O–H groups in total. The van der Waals surface area contributed by atoms with Crippen molar-refractivity contribution in [2.24, 2.45) is 5.92 Å². The molecule has 0 bridgehead atoms. The van der Waals surface area contributed by atoms with Gasteiger partial charge in [0.1, 0.15) is 0 Å². The highest BCUT2D eigenvalue weighted by Crippen LogP contribution is 2.23. The highest BCUT2D eigenvalue weighted by Gasteiger charge is 2.27. The molecule has 6 heteroatoms. The molecule has 19 heavy (non-hydrogen) atoms. The number of anilines is 1. The minimum atomic E-state index is -0.470. The SMILES string of the molecule is CC1CCN(C(=O)Nc2cc(Cl)cc(Cl)c2)CC1O. The first-order valence-electron chi connectivity index (χ1n) is 6.16. The molecule has 1 saturated heterocycles. The molecule has 0 spiro atoms. The number of urea groups is 1. The van der Waals surface area contributed by atoms with Crippen LogP contribution in [0, 0.1) is 5.92 Å². The third-order valence-corrected chi connectivity index (χ3v) is 3.76. The van der Waals surface area contributed by atoms with Crippen LogP contribution in [0.1, 0.15) is 13.3 Å². The summed E-state index contributed by atoms with van der Waals surface area (Å²) in [6, 6.07) is 4.62. The van der Waals surface area contributed by atoms with Gasteiger partial charge in [0.25, 0.3) is 0 Å². The Bertz CT molecular complexity index is 461.